The van der Waals surface area contributed by atoms with Crippen LogP contribution in [0, 0.1) is 0 Å². The first kappa shape index (κ1) is 13.8. The molecule has 0 amide bonds. The minimum absolute atomic E-state index is 0.196. The van der Waals surface area contributed by atoms with Gasteiger partial charge in [-0.1, -0.05) is 32.0 Å². The van der Waals surface area contributed by atoms with E-state index in [0.717, 1.165) is 38.7 Å². The van der Waals surface area contributed by atoms with Crippen molar-refractivity contribution in [3.05, 3.63) is 40.5 Å². The van der Waals surface area contributed by atoms with Crippen molar-refractivity contribution in [3.63, 3.8) is 0 Å². The number of aliphatic hydroxyl groups is 1. The van der Waals surface area contributed by atoms with E-state index in [1.165, 1.54) is 27.8 Å². The fraction of sp³-hybridized carbons (Fsp3) is 0.556. The Bertz CT molecular complexity index is 544. The van der Waals surface area contributed by atoms with Crippen molar-refractivity contribution < 1.29 is 9.84 Å². The van der Waals surface area contributed by atoms with Gasteiger partial charge in [0.05, 0.1) is 12.2 Å². The molecule has 1 aromatic carbocycles. The van der Waals surface area contributed by atoms with Crippen LogP contribution in [0.3, 0.4) is 0 Å². The van der Waals surface area contributed by atoms with E-state index >= 15 is 0 Å². The predicted molar refractivity (Wildman–Crippen MR) is 81.7 cm³/mol. The molecule has 0 saturated heterocycles. The van der Waals surface area contributed by atoms with Crippen LogP contribution < -0.4 is 0 Å². The molecule has 1 N–H and O–H groups in total. The topological polar surface area (TPSA) is 29.5 Å². The van der Waals surface area contributed by atoms with Crippen molar-refractivity contribution in [1.29, 1.82) is 0 Å². The monoisotopic (exact) mass is 272 g/mol. The first-order valence-electron chi connectivity index (χ1n) is 7.83. The number of rotatable bonds is 4. The second kappa shape index (κ2) is 5.34. The van der Waals surface area contributed by atoms with Gasteiger partial charge in [0, 0.05) is 13.0 Å². The molecule has 0 fully saturated rings. The zero-order valence-electron chi connectivity index (χ0n) is 12.5. The second-order valence-corrected chi connectivity index (χ2v) is 5.90. The van der Waals surface area contributed by atoms with Crippen LogP contribution in [0.4, 0.5) is 0 Å². The smallest absolute Gasteiger partial charge is 0.0920 e. The fourth-order valence-electron chi connectivity index (χ4n) is 3.82. The summed E-state index contributed by atoms with van der Waals surface area (Å²) in [7, 11) is 0. The summed E-state index contributed by atoms with van der Waals surface area (Å²) in [6, 6.07) is 6.90. The van der Waals surface area contributed by atoms with Crippen molar-refractivity contribution in [2.45, 2.75) is 51.6 Å². The summed E-state index contributed by atoms with van der Waals surface area (Å²) in [5.41, 5.74) is 6.99. The van der Waals surface area contributed by atoms with Crippen LogP contribution in [-0.4, -0.2) is 23.9 Å². The van der Waals surface area contributed by atoms with E-state index in [1.54, 1.807) is 0 Å². The lowest BCUT2D eigenvalue weighted by atomic mass is 9.82. The van der Waals surface area contributed by atoms with Gasteiger partial charge in [0.15, 0.2) is 0 Å². The first-order chi connectivity index (χ1) is 9.74. The fourth-order valence-corrected chi connectivity index (χ4v) is 3.82. The Kier molecular flexibility index (Phi) is 3.70. The number of benzene rings is 1. The molecule has 0 saturated carbocycles. The minimum Gasteiger partial charge on any atom is -0.396 e. The molecule has 0 bridgehead atoms. The maximum Gasteiger partial charge on any atom is 0.0920 e. The van der Waals surface area contributed by atoms with Crippen LogP contribution in [0.25, 0.3) is 5.57 Å². The number of hydrogen-bond donors (Lipinski definition) is 1. The van der Waals surface area contributed by atoms with Crippen LogP contribution in [0.2, 0.25) is 0 Å². The second-order valence-electron chi connectivity index (χ2n) is 5.90. The molecule has 2 heteroatoms. The van der Waals surface area contributed by atoms with Crippen molar-refractivity contribution in [3.8, 4) is 0 Å². The largest absolute Gasteiger partial charge is 0.396 e. The third kappa shape index (κ3) is 2.02. The predicted octanol–water partition coefficient (Wildman–Crippen LogP) is 3.51. The average molecular weight is 272 g/mol. The summed E-state index contributed by atoms with van der Waals surface area (Å²) in [4.78, 5) is 0. The number of ether oxygens (including phenoxy) is 1. The standard InChI is InChI=1S/C18H24O2/c1-3-13-5-6-15-14(11-13)12-17-16(15)7-10-20-18(17,4-2)8-9-19/h5-6,11,19H,3-4,7-10,12H2,1-2H3. The van der Waals surface area contributed by atoms with E-state index in [4.69, 9.17) is 4.74 Å². The zero-order valence-corrected chi connectivity index (χ0v) is 12.5. The molecule has 0 aromatic heterocycles. The van der Waals surface area contributed by atoms with Gasteiger partial charge in [0.25, 0.3) is 0 Å². The van der Waals surface area contributed by atoms with E-state index < -0.39 is 0 Å². The molecule has 20 heavy (non-hydrogen) atoms. The lowest BCUT2D eigenvalue weighted by Gasteiger charge is -2.38. The highest BCUT2D eigenvalue weighted by Crippen LogP contribution is 2.47. The number of aliphatic hydroxyl groups excluding tert-OH is 1. The molecule has 0 spiro atoms. The van der Waals surface area contributed by atoms with Crippen molar-refractivity contribution in [1.82, 2.24) is 0 Å². The zero-order chi connectivity index (χ0) is 14.2. The number of aryl methyl sites for hydroxylation is 1. The molecule has 1 unspecified atom stereocenters. The van der Waals surface area contributed by atoms with Gasteiger partial charge >= 0.3 is 0 Å². The van der Waals surface area contributed by atoms with Gasteiger partial charge in [-0.2, -0.15) is 0 Å². The van der Waals surface area contributed by atoms with Crippen LogP contribution in [0.15, 0.2) is 23.8 Å². The summed E-state index contributed by atoms with van der Waals surface area (Å²) in [5.74, 6) is 0. The van der Waals surface area contributed by atoms with Gasteiger partial charge in [-0.3, -0.25) is 0 Å². The van der Waals surface area contributed by atoms with Crippen LogP contribution >= 0.6 is 0 Å². The van der Waals surface area contributed by atoms with Gasteiger partial charge in [0.2, 0.25) is 0 Å². The van der Waals surface area contributed by atoms with E-state index in [1.807, 2.05) is 0 Å². The normalized spacial score (nSPS) is 24.8. The van der Waals surface area contributed by atoms with Crippen LogP contribution in [0.1, 0.15) is 49.8 Å². The van der Waals surface area contributed by atoms with Gasteiger partial charge in [-0.25, -0.2) is 0 Å². The third-order valence-electron chi connectivity index (χ3n) is 5.00. The molecular weight excluding hydrogens is 248 g/mol. The van der Waals surface area contributed by atoms with Gasteiger partial charge in [-0.15, -0.1) is 0 Å². The lowest BCUT2D eigenvalue weighted by Crippen LogP contribution is -2.39. The highest BCUT2D eigenvalue weighted by Gasteiger charge is 2.41. The maximum atomic E-state index is 9.43. The Morgan fingerprint density at radius 3 is 2.85 bits per heavy atom. The molecule has 1 aliphatic carbocycles. The van der Waals surface area contributed by atoms with E-state index in [-0.39, 0.29) is 12.2 Å². The third-order valence-corrected chi connectivity index (χ3v) is 5.00. The van der Waals surface area contributed by atoms with Gasteiger partial charge in [-0.05, 0) is 53.5 Å². The average Bonchev–Trinajstić information content (AvgIpc) is 2.86. The Morgan fingerprint density at radius 1 is 1.30 bits per heavy atom. The molecular formula is C18H24O2. The number of hydrogen-bond acceptors (Lipinski definition) is 2. The van der Waals surface area contributed by atoms with Crippen LogP contribution in [0.5, 0.6) is 0 Å². The Hall–Kier alpha value is -1.12. The number of fused-ring (bicyclic) bond motifs is 2. The Labute approximate surface area is 121 Å². The quantitative estimate of drug-likeness (QED) is 0.909. The highest BCUT2D eigenvalue weighted by molar-refractivity contribution is 5.79. The van der Waals surface area contributed by atoms with E-state index in [0.29, 0.717) is 0 Å². The summed E-state index contributed by atoms with van der Waals surface area (Å²) >= 11 is 0. The first-order valence-corrected chi connectivity index (χ1v) is 7.83. The van der Waals surface area contributed by atoms with Crippen molar-refractivity contribution in [2.75, 3.05) is 13.2 Å². The van der Waals surface area contributed by atoms with E-state index in [9.17, 15) is 5.11 Å². The molecule has 1 aliphatic heterocycles. The van der Waals surface area contributed by atoms with Crippen LogP contribution in [-0.2, 0) is 17.6 Å². The summed E-state index contributed by atoms with van der Waals surface area (Å²) in [6.07, 6.45) is 4.77. The SMILES string of the molecule is CCc1ccc2c(c1)CC1=C2CCOC1(CC)CCO. The maximum absolute atomic E-state index is 9.43. The molecule has 1 aromatic rings. The summed E-state index contributed by atoms with van der Waals surface area (Å²) < 4.78 is 6.14. The lowest BCUT2D eigenvalue weighted by molar-refractivity contribution is -0.0400. The van der Waals surface area contributed by atoms with Gasteiger partial charge in [0.1, 0.15) is 0 Å². The summed E-state index contributed by atoms with van der Waals surface area (Å²) in [5, 5.41) is 9.43. The molecule has 0 radical (unpaired) electrons. The summed E-state index contributed by atoms with van der Waals surface area (Å²) in [6.45, 7) is 5.35. The molecule has 3 rings (SSSR count). The molecule has 2 nitrogen and oxygen atoms in total. The molecule has 108 valence electrons. The Morgan fingerprint density at radius 2 is 2.15 bits per heavy atom. The highest BCUT2D eigenvalue weighted by atomic mass is 16.5. The van der Waals surface area contributed by atoms with Crippen molar-refractivity contribution in [2.24, 2.45) is 0 Å². The van der Waals surface area contributed by atoms with Gasteiger partial charge < -0.3 is 9.84 Å². The molecule has 1 heterocycles. The van der Waals surface area contributed by atoms with Crippen molar-refractivity contribution >= 4 is 5.57 Å². The molecule has 1 atom stereocenters. The minimum atomic E-state index is -0.228. The molecule has 2 aliphatic rings. The Balaban J connectivity index is 2.03. The van der Waals surface area contributed by atoms with E-state index in [2.05, 4.69) is 32.0 Å².